The first-order valence-electron chi connectivity index (χ1n) is 9.15. The van der Waals surface area contributed by atoms with E-state index >= 15 is 0 Å². The van der Waals surface area contributed by atoms with Gasteiger partial charge in [0.2, 0.25) is 0 Å². The summed E-state index contributed by atoms with van der Waals surface area (Å²) in [6, 6.07) is 12.8. The summed E-state index contributed by atoms with van der Waals surface area (Å²) in [5.41, 5.74) is 1.34. The Balaban J connectivity index is 1.84. The molecule has 0 spiro atoms. The molecule has 7 nitrogen and oxygen atoms in total. The molecule has 0 bridgehead atoms. The number of hydrogen-bond donors (Lipinski definition) is 2. The van der Waals surface area contributed by atoms with Crippen LogP contribution in [0.1, 0.15) is 30.4 Å². The summed E-state index contributed by atoms with van der Waals surface area (Å²) in [7, 11) is 4.76. The molecule has 31 heavy (non-hydrogen) atoms. The molecule has 0 saturated carbocycles. The number of nitrogens with zero attached hydrogens (tertiary/aromatic N) is 1. The summed E-state index contributed by atoms with van der Waals surface area (Å²) >= 11 is 7.49. The molecule has 0 unspecified atom stereocenters. The lowest BCUT2D eigenvalue weighted by molar-refractivity contribution is 0.0827. The number of ether oxygens (including phenoxy) is 1. The average molecular weight is 458 g/mol. The van der Waals surface area contributed by atoms with Gasteiger partial charge in [0.05, 0.1) is 28.4 Å². The summed E-state index contributed by atoms with van der Waals surface area (Å²) in [4.78, 5) is 39.4. The van der Waals surface area contributed by atoms with E-state index in [1.165, 1.54) is 35.5 Å². The van der Waals surface area contributed by atoms with Crippen molar-refractivity contribution in [2.75, 3.05) is 31.8 Å². The predicted molar refractivity (Wildman–Crippen MR) is 123 cm³/mol. The first kappa shape index (κ1) is 22.3. The molecule has 0 aliphatic carbocycles. The van der Waals surface area contributed by atoms with Gasteiger partial charge >= 0.3 is 0 Å². The second-order valence-electron chi connectivity index (χ2n) is 6.69. The molecule has 2 aromatic carbocycles. The number of rotatable bonds is 6. The molecule has 0 atom stereocenters. The standard InChI is InChI=1S/C22H20ClN3O4S/c1-26(2)22(29)14-7-9-18(30-3)17(12-14)25-20(27)13-6-8-15(23)16(11-13)24-21(28)19-5-4-10-31-19/h4-12H,1-3H3,(H,24,28)(H,25,27). The van der Waals surface area contributed by atoms with Gasteiger partial charge in [0.15, 0.2) is 0 Å². The number of amides is 3. The lowest BCUT2D eigenvalue weighted by Crippen LogP contribution is -2.22. The van der Waals surface area contributed by atoms with Crippen LogP contribution in [0.5, 0.6) is 5.75 Å². The van der Waals surface area contributed by atoms with Gasteiger partial charge < -0.3 is 20.3 Å². The summed E-state index contributed by atoms with van der Waals surface area (Å²) in [5, 5.41) is 7.56. The zero-order chi connectivity index (χ0) is 22.5. The number of methoxy groups -OCH3 is 1. The van der Waals surface area contributed by atoms with Crippen molar-refractivity contribution in [2.45, 2.75) is 0 Å². The Labute approximate surface area is 188 Å². The molecule has 1 heterocycles. The third-order valence-electron chi connectivity index (χ3n) is 4.32. The van der Waals surface area contributed by atoms with E-state index in [0.717, 1.165) is 0 Å². The minimum absolute atomic E-state index is 0.205. The van der Waals surface area contributed by atoms with Crippen LogP contribution in [0.15, 0.2) is 53.9 Å². The Morgan fingerprint density at radius 1 is 0.935 bits per heavy atom. The fourth-order valence-corrected chi connectivity index (χ4v) is 3.53. The van der Waals surface area contributed by atoms with Crippen molar-refractivity contribution >= 4 is 52.0 Å². The van der Waals surface area contributed by atoms with Crippen molar-refractivity contribution < 1.29 is 19.1 Å². The number of nitrogens with one attached hydrogen (secondary N) is 2. The van der Waals surface area contributed by atoms with E-state index in [2.05, 4.69) is 10.6 Å². The largest absolute Gasteiger partial charge is 0.495 e. The van der Waals surface area contributed by atoms with Crippen LogP contribution in [-0.4, -0.2) is 43.8 Å². The van der Waals surface area contributed by atoms with Crippen LogP contribution in [0, 0.1) is 0 Å². The molecular formula is C22H20ClN3O4S. The van der Waals surface area contributed by atoms with Gasteiger partial charge in [0, 0.05) is 25.2 Å². The maximum absolute atomic E-state index is 12.9. The van der Waals surface area contributed by atoms with Crippen LogP contribution in [0.3, 0.4) is 0 Å². The Hall–Kier alpha value is -3.36. The van der Waals surface area contributed by atoms with E-state index in [1.54, 1.807) is 55.9 Å². The van der Waals surface area contributed by atoms with E-state index in [1.807, 2.05) is 0 Å². The summed E-state index contributed by atoms with van der Waals surface area (Å²) in [6.07, 6.45) is 0. The predicted octanol–water partition coefficient (Wildman–Crippen LogP) is 4.62. The van der Waals surface area contributed by atoms with E-state index in [0.29, 0.717) is 32.6 Å². The molecule has 0 aliphatic rings. The summed E-state index contributed by atoms with van der Waals surface area (Å²) in [5.74, 6) is -0.561. The lowest BCUT2D eigenvalue weighted by Gasteiger charge is -2.15. The van der Waals surface area contributed by atoms with Gasteiger partial charge in [-0.25, -0.2) is 0 Å². The molecule has 160 valence electrons. The van der Waals surface area contributed by atoms with Crippen molar-refractivity contribution in [1.82, 2.24) is 4.90 Å². The zero-order valence-corrected chi connectivity index (χ0v) is 18.6. The van der Waals surface area contributed by atoms with Crippen molar-refractivity contribution in [3.63, 3.8) is 0 Å². The highest BCUT2D eigenvalue weighted by molar-refractivity contribution is 7.12. The van der Waals surface area contributed by atoms with Crippen LogP contribution in [0.25, 0.3) is 0 Å². The highest BCUT2D eigenvalue weighted by atomic mass is 35.5. The van der Waals surface area contributed by atoms with Crippen LogP contribution < -0.4 is 15.4 Å². The molecule has 3 amide bonds. The number of benzene rings is 2. The maximum Gasteiger partial charge on any atom is 0.265 e. The van der Waals surface area contributed by atoms with Gasteiger partial charge in [0.25, 0.3) is 17.7 Å². The van der Waals surface area contributed by atoms with E-state index in [4.69, 9.17) is 16.3 Å². The number of carbonyl (C=O) groups is 3. The van der Waals surface area contributed by atoms with E-state index in [9.17, 15) is 14.4 Å². The molecule has 1 aromatic heterocycles. The average Bonchev–Trinajstić information content (AvgIpc) is 3.29. The number of anilines is 2. The number of halogens is 1. The van der Waals surface area contributed by atoms with Gasteiger partial charge in [-0.2, -0.15) is 0 Å². The van der Waals surface area contributed by atoms with Crippen molar-refractivity contribution in [3.8, 4) is 5.75 Å². The smallest absolute Gasteiger partial charge is 0.265 e. The molecule has 0 saturated heterocycles. The Kier molecular flexibility index (Phi) is 6.94. The number of thiophene rings is 1. The third-order valence-corrected chi connectivity index (χ3v) is 5.52. The van der Waals surface area contributed by atoms with Gasteiger partial charge in [0.1, 0.15) is 5.75 Å². The topological polar surface area (TPSA) is 87.7 Å². The van der Waals surface area contributed by atoms with E-state index < -0.39 is 5.91 Å². The number of hydrogen-bond acceptors (Lipinski definition) is 5. The molecular weight excluding hydrogens is 438 g/mol. The van der Waals surface area contributed by atoms with Gasteiger partial charge in [-0.15, -0.1) is 11.3 Å². The van der Waals surface area contributed by atoms with Crippen LogP contribution in [0.4, 0.5) is 11.4 Å². The second-order valence-corrected chi connectivity index (χ2v) is 8.05. The minimum Gasteiger partial charge on any atom is -0.495 e. The first-order valence-corrected chi connectivity index (χ1v) is 10.4. The van der Waals surface area contributed by atoms with Crippen molar-refractivity contribution in [1.29, 1.82) is 0 Å². The molecule has 3 rings (SSSR count). The number of carbonyl (C=O) groups excluding carboxylic acids is 3. The summed E-state index contributed by atoms with van der Waals surface area (Å²) in [6.45, 7) is 0. The maximum atomic E-state index is 12.9. The minimum atomic E-state index is -0.448. The summed E-state index contributed by atoms with van der Waals surface area (Å²) < 4.78 is 5.30. The van der Waals surface area contributed by atoms with Crippen molar-refractivity contribution in [3.05, 3.63) is 74.9 Å². The fourth-order valence-electron chi connectivity index (χ4n) is 2.75. The molecule has 0 radical (unpaired) electrons. The van der Waals surface area contributed by atoms with Crippen LogP contribution >= 0.6 is 22.9 Å². The van der Waals surface area contributed by atoms with Gasteiger partial charge in [-0.05, 0) is 47.8 Å². The molecule has 2 N–H and O–H groups in total. The lowest BCUT2D eigenvalue weighted by atomic mass is 10.1. The van der Waals surface area contributed by atoms with Gasteiger partial charge in [-0.1, -0.05) is 17.7 Å². The van der Waals surface area contributed by atoms with Crippen LogP contribution in [0.2, 0.25) is 5.02 Å². The fraction of sp³-hybridized carbons (Fsp3) is 0.136. The third kappa shape index (κ3) is 5.22. The second kappa shape index (κ2) is 9.63. The SMILES string of the molecule is COc1ccc(C(=O)N(C)C)cc1NC(=O)c1ccc(Cl)c(NC(=O)c2cccs2)c1. The van der Waals surface area contributed by atoms with Crippen molar-refractivity contribution in [2.24, 2.45) is 0 Å². The highest BCUT2D eigenvalue weighted by Gasteiger charge is 2.16. The van der Waals surface area contributed by atoms with E-state index in [-0.39, 0.29) is 17.4 Å². The normalized spacial score (nSPS) is 10.3. The molecule has 0 aliphatic heterocycles. The molecule has 0 fully saturated rings. The molecule has 9 heteroatoms. The zero-order valence-electron chi connectivity index (χ0n) is 17.1. The molecule has 3 aromatic rings. The monoisotopic (exact) mass is 457 g/mol. The van der Waals surface area contributed by atoms with Gasteiger partial charge in [-0.3, -0.25) is 14.4 Å². The Bertz CT molecular complexity index is 1130. The first-order chi connectivity index (χ1) is 14.8. The Morgan fingerprint density at radius 2 is 1.61 bits per heavy atom. The highest BCUT2D eigenvalue weighted by Crippen LogP contribution is 2.28. The quantitative estimate of drug-likeness (QED) is 0.565. The Morgan fingerprint density at radius 3 is 2.26 bits per heavy atom. The van der Waals surface area contributed by atoms with Crippen LogP contribution in [-0.2, 0) is 0 Å².